The molecular formula is C17H26N2O. The van der Waals surface area contributed by atoms with E-state index in [9.17, 15) is 0 Å². The molecule has 1 N–H and O–H groups in total. The van der Waals surface area contributed by atoms with E-state index in [2.05, 4.69) is 42.3 Å². The van der Waals surface area contributed by atoms with Gasteiger partial charge in [0, 0.05) is 25.2 Å². The van der Waals surface area contributed by atoms with E-state index in [1.807, 2.05) is 0 Å². The zero-order valence-corrected chi connectivity index (χ0v) is 12.7. The summed E-state index contributed by atoms with van der Waals surface area (Å²) in [5.41, 5.74) is 2.83. The smallest absolute Gasteiger partial charge is 0.124 e. The summed E-state index contributed by atoms with van der Waals surface area (Å²) in [7, 11) is 0. The largest absolute Gasteiger partial charge is 0.487 e. The number of nitrogens with one attached hydrogen (secondary N) is 1. The van der Waals surface area contributed by atoms with Gasteiger partial charge in [0.15, 0.2) is 0 Å². The molecule has 1 fully saturated rings. The molecule has 0 amide bonds. The average molecular weight is 274 g/mol. The molecule has 110 valence electrons. The number of ether oxygens (including phenoxy) is 1. The Balaban J connectivity index is 1.75. The van der Waals surface area contributed by atoms with Crippen LogP contribution in [-0.2, 0) is 13.0 Å². The van der Waals surface area contributed by atoms with Crippen LogP contribution in [0.3, 0.4) is 0 Å². The van der Waals surface area contributed by atoms with Gasteiger partial charge in [-0.3, -0.25) is 0 Å². The number of nitrogens with zero attached hydrogens (tertiary/aromatic N) is 1. The van der Waals surface area contributed by atoms with Crippen LogP contribution in [0.2, 0.25) is 0 Å². The zero-order valence-electron chi connectivity index (χ0n) is 12.7. The molecule has 1 aromatic rings. The highest BCUT2D eigenvalue weighted by Crippen LogP contribution is 2.32. The third-order valence-electron chi connectivity index (χ3n) is 4.82. The summed E-state index contributed by atoms with van der Waals surface area (Å²) in [5, 5.41) is 3.46. The van der Waals surface area contributed by atoms with Crippen LogP contribution in [0.5, 0.6) is 5.75 Å². The Labute approximate surface area is 122 Å². The molecule has 20 heavy (non-hydrogen) atoms. The maximum atomic E-state index is 6.47. The first-order valence-corrected chi connectivity index (χ1v) is 7.93. The Hall–Kier alpha value is -1.06. The lowest BCUT2D eigenvalue weighted by molar-refractivity contribution is 0.0174. The van der Waals surface area contributed by atoms with Crippen molar-refractivity contribution in [2.45, 2.75) is 45.3 Å². The van der Waals surface area contributed by atoms with Gasteiger partial charge in [0.05, 0.1) is 0 Å². The molecular weight excluding hydrogens is 248 g/mol. The third kappa shape index (κ3) is 2.84. The van der Waals surface area contributed by atoms with Crippen LogP contribution in [0, 0.1) is 0 Å². The number of rotatable bonds is 3. The number of fused-ring (bicyclic) bond motifs is 1. The predicted molar refractivity (Wildman–Crippen MR) is 82.2 cm³/mol. The second-order valence-electron chi connectivity index (χ2n) is 6.31. The lowest BCUT2D eigenvalue weighted by atomic mass is 9.92. The molecule has 2 aliphatic rings. The summed E-state index contributed by atoms with van der Waals surface area (Å²) >= 11 is 0. The van der Waals surface area contributed by atoms with Crippen LogP contribution in [0.25, 0.3) is 0 Å². The van der Waals surface area contributed by atoms with Gasteiger partial charge in [-0.25, -0.2) is 0 Å². The lowest BCUT2D eigenvalue weighted by Gasteiger charge is -2.40. The molecule has 0 unspecified atom stereocenters. The van der Waals surface area contributed by atoms with Crippen LogP contribution in [0.1, 0.15) is 37.8 Å². The highest BCUT2D eigenvalue weighted by atomic mass is 16.5. The van der Waals surface area contributed by atoms with Gasteiger partial charge in [-0.15, -0.1) is 0 Å². The van der Waals surface area contributed by atoms with Crippen LogP contribution >= 0.6 is 0 Å². The molecule has 3 rings (SSSR count). The summed E-state index contributed by atoms with van der Waals surface area (Å²) in [6.07, 6.45) is 3.36. The Kier molecular flexibility index (Phi) is 3.99. The minimum Gasteiger partial charge on any atom is -0.487 e. The van der Waals surface area contributed by atoms with Crippen molar-refractivity contribution in [3.05, 3.63) is 29.3 Å². The van der Waals surface area contributed by atoms with Gasteiger partial charge < -0.3 is 15.0 Å². The third-order valence-corrected chi connectivity index (χ3v) is 4.82. The Morgan fingerprint density at radius 3 is 2.85 bits per heavy atom. The maximum Gasteiger partial charge on any atom is 0.124 e. The van der Waals surface area contributed by atoms with Crippen molar-refractivity contribution in [1.82, 2.24) is 10.2 Å². The van der Waals surface area contributed by atoms with E-state index in [0.29, 0.717) is 0 Å². The average Bonchev–Trinajstić information content (AvgIpc) is 2.48. The number of benzene rings is 1. The van der Waals surface area contributed by atoms with Gasteiger partial charge in [0.2, 0.25) is 0 Å². The SMILES string of the molecule is CCN1CCC(C)(Oc2cccc3c2CNCC3)CC1. The molecule has 0 saturated carbocycles. The van der Waals surface area contributed by atoms with Crippen LogP contribution < -0.4 is 10.1 Å². The van der Waals surface area contributed by atoms with Gasteiger partial charge in [-0.2, -0.15) is 0 Å². The summed E-state index contributed by atoms with van der Waals surface area (Å²) in [6, 6.07) is 6.53. The fourth-order valence-electron chi connectivity index (χ4n) is 3.29. The van der Waals surface area contributed by atoms with Crippen molar-refractivity contribution in [3.63, 3.8) is 0 Å². The van der Waals surface area contributed by atoms with Crippen LogP contribution in [-0.4, -0.2) is 36.7 Å². The second-order valence-corrected chi connectivity index (χ2v) is 6.31. The van der Waals surface area contributed by atoms with E-state index < -0.39 is 0 Å². The number of hydrogen-bond acceptors (Lipinski definition) is 3. The predicted octanol–water partition coefficient (Wildman–Crippen LogP) is 2.59. The molecule has 0 bridgehead atoms. The Morgan fingerprint density at radius 1 is 1.30 bits per heavy atom. The van der Waals surface area contributed by atoms with Gasteiger partial charge >= 0.3 is 0 Å². The fraction of sp³-hybridized carbons (Fsp3) is 0.647. The normalized spacial score (nSPS) is 22.3. The van der Waals surface area contributed by atoms with Crippen LogP contribution in [0.15, 0.2) is 18.2 Å². The Bertz CT molecular complexity index is 464. The fourth-order valence-corrected chi connectivity index (χ4v) is 3.29. The number of likely N-dealkylation sites (tertiary alicyclic amines) is 1. The molecule has 0 aromatic heterocycles. The summed E-state index contributed by atoms with van der Waals surface area (Å²) in [4.78, 5) is 2.51. The van der Waals surface area contributed by atoms with Crippen molar-refractivity contribution < 1.29 is 4.74 Å². The van der Waals surface area contributed by atoms with Crippen LogP contribution in [0.4, 0.5) is 0 Å². The topological polar surface area (TPSA) is 24.5 Å². The monoisotopic (exact) mass is 274 g/mol. The molecule has 0 spiro atoms. The molecule has 3 nitrogen and oxygen atoms in total. The van der Waals surface area contributed by atoms with E-state index >= 15 is 0 Å². The molecule has 1 saturated heterocycles. The van der Waals surface area contributed by atoms with E-state index in [1.165, 1.54) is 11.1 Å². The highest BCUT2D eigenvalue weighted by molar-refractivity contribution is 5.42. The van der Waals surface area contributed by atoms with Gasteiger partial charge in [0.1, 0.15) is 11.4 Å². The van der Waals surface area contributed by atoms with Gasteiger partial charge in [0.25, 0.3) is 0 Å². The molecule has 2 heterocycles. The lowest BCUT2D eigenvalue weighted by Crippen LogP contribution is -2.46. The number of hydrogen-bond donors (Lipinski definition) is 1. The van der Waals surface area contributed by atoms with E-state index in [4.69, 9.17) is 4.74 Å². The number of piperidine rings is 1. The van der Waals surface area contributed by atoms with Crippen molar-refractivity contribution in [2.75, 3.05) is 26.2 Å². The molecule has 0 atom stereocenters. The Morgan fingerprint density at radius 2 is 2.10 bits per heavy atom. The van der Waals surface area contributed by atoms with Gasteiger partial charge in [-0.05, 0) is 50.9 Å². The van der Waals surface area contributed by atoms with Crippen molar-refractivity contribution >= 4 is 0 Å². The molecule has 0 aliphatic carbocycles. The van der Waals surface area contributed by atoms with E-state index in [-0.39, 0.29) is 5.60 Å². The summed E-state index contributed by atoms with van der Waals surface area (Å²) in [5.74, 6) is 1.10. The maximum absolute atomic E-state index is 6.47. The first kappa shape index (κ1) is 13.9. The zero-order chi connectivity index (χ0) is 14.0. The first-order chi connectivity index (χ1) is 9.70. The minimum absolute atomic E-state index is 0.00175. The van der Waals surface area contributed by atoms with E-state index in [0.717, 1.165) is 57.7 Å². The standard InChI is InChI=1S/C17H26N2O/c1-3-19-11-8-17(2,9-12-19)20-16-6-4-5-14-7-10-18-13-15(14)16/h4-6,18H,3,7-13H2,1-2H3. The van der Waals surface area contributed by atoms with Gasteiger partial charge in [-0.1, -0.05) is 19.1 Å². The molecule has 3 heteroatoms. The highest BCUT2D eigenvalue weighted by Gasteiger charge is 2.32. The summed E-state index contributed by atoms with van der Waals surface area (Å²) < 4.78 is 6.47. The summed E-state index contributed by atoms with van der Waals surface area (Å²) in [6.45, 7) is 10.0. The molecule has 0 radical (unpaired) electrons. The van der Waals surface area contributed by atoms with Crippen molar-refractivity contribution in [2.24, 2.45) is 0 Å². The quantitative estimate of drug-likeness (QED) is 0.917. The van der Waals surface area contributed by atoms with Crippen molar-refractivity contribution in [3.8, 4) is 5.75 Å². The minimum atomic E-state index is -0.00175. The first-order valence-electron chi connectivity index (χ1n) is 7.93. The molecule has 2 aliphatic heterocycles. The molecule has 1 aromatic carbocycles. The van der Waals surface area contributed by atoms with E-state index in [1.54, 1.807) is 0 Å². The second kappa shape index (κ2) is 5.74. The van der Waals surface area contributed by atoms with Crippen molar-refractivity contribution in [1.29, 1.82) is 0 Å².